The first-order valence-corrected chi connectivity index (χ1v) is 6.62. The molecule has 0 atom stereocenters. The molecule has 1 amide bonds. The van der Waals surface area contributed by atoms with Crippen LogP contribution in [-0.2, 0) is 0 Å². The Morgan fingerprint density at radius 3 is 2.56 bits per heavy atom. The van der Waals surface area contributed by atoms with Crippen molar-refractivity contribution in [3.8, 4) is 0 Å². The number of amides is 1. The molecule has 1 saturated carbocycles. The van der Waals surface area contributed by atoms with Crippen molar-refractivity contribution in [1.82, 2.24) is 5.32 Å². The van der Waals surface area contributed by atoms with Crippen molar-refractivity contribution in [2.24, 2.45) is 0 Å². The predicted molar refractivity (Wildman–Crippen MR) is 71.6 cm³/mol. The van der Waals surface area contributed by atoms with Gasteiger partial charge in [0.25, 0.3) is 5.91 Å². The van der Waals surface area contributed by atoms with Gasteiger partial charge in [-0.15, -0.1) is 0 Å². The Morgan fingerprint density at radius 2 is 1.89 bits per heavy atom. The third-order valence-corrected chi connectivity index (χ3v) is 3.67. The van der Waals surface area contributed by atoms with Crippen LogP contribution in [0, 0.1) is 13.8 Å². The summed E-state index contributed by atoms with van der Waals surface area (Å²) in [6, 6.07) is 6.14. The van der Waals surface area contributed by atoms with Crippen LogP contribution in [0.25, 0.3) is 0 Å². The second kappa shape index (κ2) is 5.53. The lowest BCUT2D eigenvalue weighted by Gasteiger charge is -2.26. The maximum atomic E-state index is 12.2. The van der Waals surface area contributed by atoms with Crippen LogP contribution in [0.1, 0.15) is 47.2 Å². The van der Waals surface area contributed by atoms with Gasteiger partial charge >= 0.3 is 0 Å². The second-order valence-electron chi connectivity index (χ2n) is 5.30. The molecule has 1 aliphatic rings. The maximum Gasteiger partial charge on any atom is 0.251 e. The van der Waals surface area contributed by atoms with Crippen molar-refractivity contribution in [2.45, 2.75) is 51.7 Å². The summed E-state index contributed by atoms with van der Waals surface area (Å²) in [6.07, 6.45) is 3.14. The second-order valence-corrected chi connectivity index (χ2v) is 5.30. The molecule has 1 aromatic carbocycles. The minimum absolute atomic E-state index is 0.0117. The van der Waals surface area contributed by atoms with Gasteiger partial charge in [0.05, 0.1) is 6.10 Å². The summed E-state index contributed by atoms with van der Waals surface area (Å²) in [5.74, 6) is 0.0117. The van der Waals surface area contributed by atoms with Crippen molar-refractivity contribution in [1.29, 1.82) is 0 Å². The van der Waals surface area contributed by atoms with Gasteiger partial charge < -0.3 is 10.4 Å². The third-order valence-electron chi connectivity index (χ3n) is 3.67. The Hall–Kier alpha value is -1.35. The lowest BCUT2D eigenvalue weighted by atomic mass is 9.92. The molecule has 1 aromatic rings. The standard InChI is InChI=1S/C15H21NO2/c1-10-3-4-11(2)14(9-10)15(18)16-12-5-7-13(17)8-6-12/h3-4,9,12-13,17H,5-8H2,1-2H3,(H,16,18). The highest BCUT2D eigenvalue weighted by Gasteiger charge is 2.21. The molecule has 0 radical (unpaired) electrons. The molecule has 2 rings (SSSR count). The van der Waals surface area contributed by atoms with E-state index in [-0.39, 0.29) is 18.1 Å². The van der Waals surface area contributed by atoms with E-state index in [2.05, 4.69) is 5.32 Å². The number of carbonyl (C=O) groups is 1. The van der Waals surface area contributed by atoms with Crippen LogP contribution >= 0.6 is 0 Å². The van der Waals surface area contributed by atoms with E-state index in [1.165, 1.54) is 0 Å². The van der Waals surface area contributed by atoms with Crippen molar-refractivity contribution in [3.05, 3.63) is 34.9 Å². The van der Waals surface area contributed by atoms with Crippen LogP contribution in [0.2, 0.25) is 0 Å². The summed E-state index contributed by atoms with van der Waals surface area (Å²) in [4.78, 5) is 12.2. The van der Waals surface area contributed by atoms with Gasteiger partial charge in [-0.05, 0) is 51.2 Å². The van der Waals surface area contributed by atoms with Crippen LogP contribution in [0.5, 0.6) is 0 Å². The van der Waals surface area contributed by atoms with Gasteiger partial charge in [0.2, 0.25) is 0 Å². The molecule has 3 heteroatoms. The number of rotatable bonds is 2. The summed E-state index contributed by atoms with van der Waals surface area (Å²) in [5, 5.41) is 12.5. The lowest BCUT2D eigenvalue weighted by Crippen LogP contribution is -2.38. The molecule has 0 aromatic heterocycles. The van der Waals surface area contributed by atoms with Gasteiger partial charge in [-0.1, -0.05) is 17.7 Å². The molecule has 2 N–H and O–H groups in total. The van der Waals surface area contributed by atoms with Gasteiger partial charge in [0.15, 0.2) is 0 Å². The van der Waals surface area contributed by atoms with Crippen LogP contribution in [0.4, 0.5) is 0 Å². The van der Waals surface area contributed by atoms with E-state index in [0.717, 1.165) is 42.4 Å². The lowest BCUT2D eigenvalue weighted by molar-refractivity contribution is 0.0867. The van der Waals surface area contributed by atoms with E-state index >= 15 is 0 Å². The van der Waals surface area contributed by atoms with Crippen LogP contribution in [-0.4, -0.2) is 23.2 Å². The van der Waals surface area contributed by atoms with Gasteiger partial charge in [0.1, 0.15) is 0 Å². The zero-order chi connectivity index (χ0) is 13.1. The van der Waals surface area contributed by atoms with Gasteiger partial charge in [-0.2, -0.15) is 0 Å². The highest BCUT2D eigenvalue weighted by molar-refractivity contribution is 5.96. The molecule has 0 aliphatic heterocycles. The fourth-order valence-corrected chi connectivity index (χ4v) is 2.46. The molecule has 3 nitrogen and oxygen atoms in total. The van der Waals surface area contributed by atoms with E-state index < -0.39 is 0 Å². The zero-order valence-corrected chi connectivity index (χ0v) is 11.1. The Bertz CT molecular complexity index is 434. The van der Waals surface area contributed by atoms with E-state index in [1.54, 1.807) is 0 Å². The third kappa shape index (κ3) is 3.10. The molecule has 0 spiro atoms. The van der Waals surface area contributed by atoms with Gasteiger partial charge in [0, 0.05) is 11.6 Å². The first-order valence-electron chi connectivity index (χ1n) is 6.62. The monoisotopic (exact) mass is 247 g/mol. The molecule has 1 fully saturated rings. The van der Waals surface area contributed by atoms with E-state index in [4.69, 9.17) is 0 Å². The minimum atomic E-state index is -0.182. The van der Waals surface area contributed by atoms with Crippen LogP contribution < -0.4 is 5.32 Å². The Labute approximate surface area is 108 Å². The SMILES string of the molecule is Cc1ccc(C)c(C(=O)NC2CCC(O)CC2)c1. The molecule has 1 aliphatic carbocycles. The molecular formula is C15H21NO2. The number of aliphatic hydroxyl groups excluding tert-OH is 1. The quantitative estimate of drug-likeness (QED) is 0.842. The zero-order valence-electron chi connectivity index (χ0n) is 11.1. The number of aliphatic hydroxyl groups is 1. The minimum Gasteiger partial charge on any atom is -0.393 e. The number of carbonyl (C=O) groups excluding carboxylic acids is 1. The Balaban J connectivity index is 2.01. The summed E-state index contributed by atoms with van der Waals surface area (Å²) >= 11 is 0. The Kier molecular flexibility index (Phi) is 4.02. The summed E-state index contributed by atoms with van der Waals surface area (Å²) in [6.45, 7) is 3.95. The van der Waals surface area contributed by atoms with Gasteiger partial charge in [-0.3, -0.25) is 4.79 Å². The maximum absolute atomic E-state index is 12.2. The number of hydrogen-bond acceptors (Lipinski definition) is 2. The van der Waals surface area contributed by atoms with Crippen molar-refractivity contribution in [2.75, 3.05) is 0 Å². The smallest absolute Gasteiger partial charge is 0.251 e. The fourth-order valence-electron chi connectivity index (χ4n) is 2.46. The normalized spacial score (nSPS) is 23.7. The number of hydrogen-bond donors (Lipinski definition) is 2. The predicted octanol–water partition coefficient (Wildman–Crippen LogP) is 2.34. The van der Waals surface area contributed by atoms with Crippen molar-refractivity contribution >= 4 is 5.91 Å². The average Bonchev–Trinajstić information content (AvgIpc) is 2.35. The summed E-state index contributed by atoms with van der Waals surface area (Å²) < 4.78 is 0. The molecule has 0 heterocycles. The largest absolute Gasteiger partial charge is 0.393 e. The molecular weight excluding hydrogens is 226 g/mol. The first kappa shape index (κ1) is 13.1. The van der Waals surface area contributed by atoms with Crippen molar-refractivity contribution in [3.63, 3.8) is 0 Å². The number of benzene rings is 1. The van der Waals surface area contributed by atoms with Crippen LogP contribution in [0.3, 0.4) is 0 Å². The summed E-state index contributed by atoms with van der Waals surface area (Å²) in [7, 11) is 0. The number of nitrogens with one attached hydrogen (secondary N) is 1. The highest BCUT2D eigenvalue weighted by atomic mass is 16.3. The molecule has 18 heavy (non-hydrogen) atoms. The summed E-state index contributed by atoms with van der Waals surface area (Å²) in [5.41, 5.74) is 2.87. The van der Waals surface area contributed by atoms with Crippen molar-refractivity contribution < 1.29 is 9.90 Å². The van der Waals surface area contributed by atoms with E-state index in [9.17, 15) is 9.90 Å². The topological polar surface area (TPSA) is 49.3 Å². The first-order chi connectivity index (χ1) is 8.56. The molecule has 0 unspecified atom stereocenters. The number of aryl methyl sites for hydroxylation is 2. The highest BCUT2D eigenvalue weighted by Crippen LogP contribution is 2.19. The Morgan fingerprint density at radius 1 is 1.22 bits per heavy atom. The molecule has 0 bridgehead atoms. The van der Waals surface area contributed by atoms with E-state index in [1.807, 2.05) is 32.0 Å². The van der Waals surface area contributed by atoms with E-state index in [0.29, 0.717) is 0 Å². The van der Waals surface area contributed by atoms with Gasteiger partial charge in [-0.25, -0.2) is 0 Å². The molecule has 98 valence electrons. The average molecular weight is 247 g/mol. The molecule has 0 saturated heterocycles. The fraction of sp³-hybridized carbons (Fsp3) is 0.533. The van der Waals surface area contributed by atoms with Crippen LogP contribution in [0.15, 0.2) is 18.2 Å².